The zero-order valence-electron chi connectivity index (χ0n) is 16.3. The van der Waals surface area contributed by atoms with Crippen molar-refractivity contribution >= 4 is 11.8 Å². The maximum absolute atomic E-state index is 12.8. The first-order valence-electron chi connectivity index (χ1n) is 9.98. The Morgan fingerprint density at radius 2 is 1.71 bits per heavy atom. The summed E-state index contributed by atoms with van der Waals surface area (Å²) in [6.45, 7) is 1.98. The van der Waals surface area contributed by atoms with Gasteiger partial charge in [-0.2, -0.15) is 0 Å². The molecule has 2 amide bonds. The van der Waals surface area contributed by atoms with Gasteiger partial charge in [0.05, 0.1) is 6.54 Å². The summed E-state index contributed by atoms with van der Waals surface area (Å²) in [5, 5.41) is 0. The van der Waals surface area contributed by atoms with Crippen molar-refractivity contribution in [3.05, 3.63) is 71.8 Å². The Bertz CT molecular complexity index is 824. The van der Waals surface area contributed by atoms with Gasteiger partial charge in [0.25, 0.3) is 0 Å². The molecule has 3 atom stereocenters. The van der Waals surface area contributed by atoms with E-state index in [0.717, 1.165) is 24.9 Å². The van der Waals surface area contributed by atoms with Crippen LogP contribution in [-0.2, 0) is 16.1 Å². The van der Waals surface area contributed by atoms with Crippen molar-refractivity contribution in [1.29, 1.82) is 0 Å². The maximum atomic E-state index is 12.8. The van der Waals surface area contributed by atoms with E-state index in [1.807, 2.05) is 48.3 Å². The minimum absolute atomic E-state index is 0.00386. The largest absolute Gasteiger partial charge is 0.340 e. The predicted molar refractivity (Wildman–Crippen MR) is 108 cm³/mol. The Morgan fingerprint density at radius 1 is 1.04 bits per heavy atom. The van der Waals surface area contributed by atoms with Crippen LogP contribution in [0.3, 0.4) is 0 Å². The fourth-order valence-electron chi connectivity index (χ4n) is 4.40. The van der Waals surface area contributed by atoms with Crippen molar-refractivity contribution in [2.75, 3.05) is 26.7 Å². The lowest BCUT2D eigenvalue weighted by Gasteiger charge is -2.48. The molecule has 0 N–H and O–H groups in total. The fraction of sp³-hybridized carbons (Fsp3) is 0.391. The molecule has 5 nitrogen and oxygen atoms in total. The Labute approximate surface area is 166 Å². The third-order valence-corrected chi connectivity index (χ3v) is 5.94. The summed E-state index contributed by atoms with van der Waals surface area (Å²) in [5.41, 5.74) is 2.37. The van der Waals surface area contributed by atoms with Crippen LogP contribution < -0.4 is 0 Å². The number of piperidine rings is 1. The number of nitrogens with zero attached hydrogens (tertiary/aromatic N) is 3. The van der Waals surface area contributed by atoms with Crippen molar-refractivity contribution in [3.63, 3.8) is 0 Å². The Hall–Kier alpha value is -2.66. The molecule has 0 radical (unpaired) electrons. The zero-order valence-corrected chi connectivity index (χ0v) is 16.3. The number of carbonyl (C=O) groups is 2. The molecule has 28 heavy (non-hydrogen) atoms. The first-order chi connectivity index (χ1) is 13.6. The van der Waals surface area contributed by atoms with E-state index in [1.165, 1.54) is 5.56 Å². The van der Waals surface area contributed by atoms with Crippen LogP contribution in [0.5, 0.6) is 0 Å². The first-order valence-corrected chi connectivity index (χ1v) is 9.98. The van der Waals surface area contributed by atoms with Crippen LogP contribution in [-0.4, -0.2) is 59.2 Å². The van der Waals surface area contributed by atoms with Gasteiger partial charge in [-0.1, -0.05) is 60.7 Å². The van der Waals surface area contributed by atoms with Gasteiger partial charge in [-0.15, -0.1) is 0 Å². The smallest absolute Gasteiger partial charge is 0.242 e. The fourth-order valence-corrected chi connectivity index (χ4v) is 4.40. The minimum Gasteiger partial charge on any atom is -0.340 e. The number of piperazine rings is 1. The van der Waals surface area contributed by atoms with Crippen LogP contribution in [0.15, 0.2) is 60.7 Å². The maximum Gasteiger partial charge on any atom is 0.242 e. The number of fused-ring (bicyclic) bond motifs is 2. The molecule has 5 heteroatoms. The molecule has 2 aromatic carbocycles. The second-order valence-corrected chi connectivity index (χ2v) is 7.84. The summed E-state index contributed by atoms with van der Waals surface area (Å²) in [6.07, 6.45) is 1.96. The van der Waals surface area contributed by atoms with E-state index in [-0.39, 0.29) is 24.4 Å². The molecule has 2 bridgehead atoms. The lowest BCUT2D eigenvalue weighted by atomic mass is 9.90. The molecule has 4 rings (SSSR count). The van der Waals surface area contributed by atoms with Crippen molar-refractivity contribution in [1.82, 2.24) is 14.7 Å². The standard InChI is InChI=1S/C23H27N3O2/c1-24(14-18-8-4-2-5-9-18)22(27)17-26-20-12-13-21(19-10-6-3-7-11-19)25(15-20)16-23(26)28/h2-11,20-21H,12-17H2,1H3/t20-,21-/m0/s1. The van der Waals surface area contributed by atoms with Crippen LogP contribution >= 0.6 is 0 Å². The highest BCUT2D eigenvalue weighted by atomic mass is 16.2. The lowest BCUT2D eigenvalue weighted by molar-refractivity contribution is -0.150. The number of amides is 2. The van der Waals surface area contributed by atoms with E-state index in [0.29, 0.717) is 19.1 Å². The number of rotatable bonds is 5. The number of hydrogen-bond donors (Lipinski definition) is 0. The van der Waals surface area contributed by atoms with Crippen LogP contribution in [0.1, 0.15) is 30.0 Å². The minimum atomic E-state index is -0.00386. The van der Waals surface area contributed by atoms with Crippen molar-refractivity contribution in [2.45, 2.75) is 31.5 Å². The van der Waals surface area contributed by atoms with Crippen molar-refractivity contribution in [3.8, 4) is 0 Å². The van der Waals surface area contributed by atoms with Gasteiger partial charge in [-0.25, -0.2) is 0 Å². The molecule has 2 aliphatic heterocycles. The van der Waals surface area contributed by atoms with Crippen LogP contribution in [0.4, 0.5) is 0 Å². The molecular formula is C23H27N3O2. The molecule has 2 heterocycles. The summed E-state index contributed by atoms with van der Waals surface area (Å²) in [5.74, 6) is 0.0641. The second kappa shape index (κ2) is 8.15. The van der Waals surface area contributed by atoms with Crippen LogP contribution in [0.25, 0.3) is 0 Å². The average molecular weight is 377 g/mol. The van der Waals surface area contributed by atoms with Crippen molar-refractivity contribution in [2.24, 2.45) is 0 Å². The number of benzene rings is 2. The number of carbonyl (C=O) groups excluding carboxylic acids is 2. The monoisotopic (exact) mass is 377 g/mol. The van der Waals surface area contributed by atoms with E-state index >= 15 is 0 Å². The van der Waals surface area contributed by atoms with Gasteiger partial charge < -0.3 is 9.80 Å². The summed E-state index contributed by atoms with van der Waals surface area (Å²) in [4.78, 5) is 31.3. The third-order valence-electron chi connectivity index (χ3n) is 5.94. The molecule has 146 valence electrons. The van der Waals surface area contributed by atoms with Gasteiger partial charge in [-0.05, 0) is 24.0 Å². The molecule has 2 fully saturated rings. The summed E-state index contributed by atoms with van der Waals surface area (Å²) < 4.78 is 0. The Kier molecular flexibility index (Phi) is 5.44. The lowest BCUT2D eigenvalue weighted by Crippen LogP contribution is -2.61. The highest BCUT2D eigenvalue weighted by Crippen LogP contribution is 2.35. The van der Waals surface area contributed by atoms with E-state index in [1.54, 1.807) is 4.90 Å². The number of likely N-dealkylation sites (N-methyl/N-ethyl adjacent to an activating group) is 1. The molecule has 2 saturated heterocycles. The number of hydrogen-bond acceptors (Lipinski definition) is 3. The molecule has 0 spiro atoms. The van der Waals surface area contributed by atoms with E-state index in [2.05, 4.69) is 29.2 Å². The Morgan fingerprint density at radius 3 is 2.43 bits per heavy atom. The molecule has 0 aromatic heterocycles. The topological polar surface area (TPSA) is 43.9 Å². The average Bonchev–Trinajstić information content (AvgIpc) is 2.72. The molecule has 2 aliphatic rings. The van der Waals surface area contributed by atoms with Crippen LogP contribution in [0, 0.1) is 0 Å². The SMILES string of the molecule is CN(Cc1ccccc1)C(=O)CN1C(=O)CN2C[C@@H]1CC[C@H]2c1ccccc1. The predicted octanol–water partition coefficient (Wildman–Crippen LogP) is 2.69. The molecule has 0 saturated carbocycles. The van der Waals surface area contributed by atoms with Gasteiger partial charge in [0.15, 0.2) is 0 Å². The van der Waals surface area contributed by atoms with E-state index < -0.39 is 0 Å². The highest BCUT2D eigenvalue weighted by Gasteiger charge is 2.40. The molecule has 0 aliphatic carbocycles. The second-order valence-electron chi connectivity index (χ2n) is 7.84. The van der Waals surface area contributed by atoms with E-state index in [9.17, 15) is 9.59 Å². The van der Waals surface area contributed by atoms with Gasteiger partial charge in [0.1, 0.15) is 6.54 Å². The normalized spacial score (nSPS) is 24.1. The summed E-state index contributed by atoms with van der Waals surface area (Å²) >= 11 is 0. The highest BCUT2D eigenvalue weighted by molar-refractivity contribution is 5.86. The zero-order chi connectivity index (χ0) is 19.5. The van der Waals surface area contributed by atoms with E-state index in [4.69, 9.17) is 0 Å². The quantitative estimate of drug-likeness (QED) is 0.805. The van der Waals surface area contributed by atoms with Gasteiger partial charge in [-0.3, -0.25) is 14.5 Å². The summed E-state index contributed by atoms with van der Waals surface area (Å²) in [6, 6.07) is 20.8. The summed E-state index contributed by atoms with van der Waals surface area (Å²) in [7, 11) is 1.81. The van der Waals surface area contributed by atoms with Gasteiger partial charge >= 0.3 is 0 Å². The first kappa shape index (κ1) is 18.7. The molecular weight excluding hydrogens is 350 g/mol. The van der Waals surface area contributed by atoms with Gasteiger partial charge in [0.2, 0.25) is 11.8 Å². The van der Waals surface area contributed by atoms with Gasteiger partial charge in [0, 0.05) is 32.2 Å². The Balaban J connectivity index is 1.38. The molecule has 1 unspecified atom stereocenters. The molecule has 2 aromatic rings. The third kappa shape index (κ3) is 3.94. The van der Waals surface area contributed by atoms with Crippen molar-refractivity contribution < 1.29 is 9.59 Å². The van der Waals surface area contributed by atoms with Crippen LogP contribution in [0.2, 0.25) is 0 Å².